The van der Waals surface area contributed by atoms with Crippen LogP contribution in [-0.2, 0) is 0 Å². The molecule has 0 unspecified atom stereocenters. The van der Waals surface area contributed by atoms with E-state index in [1.807, 2.05) is 25.2 Å². The molecule has 6 nitrogen and oxygen atoms in total. The minimum absolute atomic E-state index is 0.508. The highest BCUT2D eigenvalue weighted by atomic mass is 79.9. The largest absolute Gasteiger partial charge is 0.465 e. The molecule has 0 saturated carbocycles. The van der Waals surface area contributed by atoms with E-state index in [0.29, 0.717) is 25.9 Å². The SMILES string of the molecule is CN(N=C1CCN(C(=O)O)CC1)c1cccc(Br)n1. The minimum atomic E-state index is -0.860. The highest BCUT2D eigenvalue weighted by molar-refractivity contribution is 9.10. The van der Waals surface area contributed by atoms with Gasteiger partial charge in [0, 0.05) is 38.7 Å². The molecule has 1 aliphatic rings. The van der Waals surface area contributed by atoms with E-state index in [-0.39, 0.29) is 0 Å². The second kappa shape index (κ2) is 6.01. The molecule has 19 heavy (non-hydrogen) atoms. The van der Waals surface area contributed by atoms with E-state index in [4.69, 9.17) is 5.11 Å². The van der Waals surface area contributed by atoms with Crippen LogP contribution in [0.25, 0.3) is 0 Å². The van der Waals surface area contributed by atoms with E-state index >= 15 is 0 Å². The number of rotatable bonds is 2. The number of piperidine rings is 1. The lowest BCUT2D eigenvalue weighted by Gasteiger charge is -2.25. The molecule has 0 bridgehead atoms. The Morgan fingerprint density at radius 2 is 2.16 bits per heavy atom. The second-order valence-corrected chi connectivity index (χ2v) is 5.09. The normalized spacial score (nSPS) is 15.3. The van der Waals surface area contributed by atoms with Gasteiger partial charge in [-0.3, -0.25) is 5.01 Å². The van der Waals surface area contributed by atoms with Crippen LogP contribution in [0.4, 0.5) is 10.6 Å². The van der Waals surface area contributed by atoms with Crippen molar-refractivity contribution in [3.8, 4) is 0 Å². The molecule has 1 aromatic rings. The monoisotopic (exact) mass is 326 g/mol. The Labute approximate surface area is 119 Å². The molecule has 0 atom stereocenters. The van der Waals surface area contributed by atoms with Gasteiger partial charge >= 0.3 is 6.09 Å². The van der Waals surface area contributed by atoms with Gasteiger partial charge in [0.2, 0.25) is 0 Å². The van der Waals surface area contributed by atoms with Crippen LogP contribution in [0.5, 0.6) is 0 Å². The van der Waals surface area contributed by atoms with Gasteiger partial charge in [0.05, 0.1) is 0 Å². The van der Waals surface area contributed by atoms with Crippen LogP contribution in [0.15, 0.2) is 27.9 Å². The number of halogens is 1. The number of hydrazone groups is 1. The second-order valence-electron chi connectivity index (χ2n) is 4.28. The summed E-state index contributed by atoms with van der Waals surface area (Å²) in [7, 11) is 1.84. The van der Waals surface area contributed by atoms with Gasteiger partial charge < -0.3 is 10.0 Å². The number of carbonyl (C=O) groups is 1. The van der Waals surface area contributed by atoms with Crippen LogP contribution < -0.4 is 5.01 Å². The zero-order valence-corrected chi connectivity index (χ0v) is 12.2. The van der Waals surface area contributed by atoms with Crippen LogP contribution in [0.1, 0.15) is 12.8 Å². The molecule has 102 valence electrons. The lowest BCUT2D eigenvalue weighted by Crippen LogP contribution is -2.38. The minimum Gasteiger partial charge on any atom is -0.465 e. The molecule has 7 heteroatoms. The predicted molar refractivity (Wildman–Crippen MR) is 76.6 cm³/mol. The number of pyridine rings is 1. The third-order valence-corrected chi connectivity index (χ3v) is 3.38. The third kappa shape index (κ3) is 3.66. The molecule has 0 aliphatic carbocycles. The van der Waals surface area contributed by atoms with Crippen molar-refractivity contribution in [3.63, 3.8) is 0 Å². The standard InChI is InChI=1S/C12H15BrN4O2/c1-16(11-4-2-3-10(13)14-11)15-9-5-7-17(8-6-9)12(18)19/h2-4H,5-8H2,1H3,(H,18,19). The molecular weight excluding hydrogens is 312 g/mol. The summed E-state index contributed by atoms with van der Waals surface area (Å²) in [6, 6.07) is 5.63. The van der Waals surface area contributed by atoms with Crippen LogP contribution >= 0.6 is 15.9 Å². The van der Waals surface area contributed by atoms with Gasteiger partial charge in [-0.15, -0.1) is 0 Å². The van der Waals surface area contributed by atoms with Gasteiger partial charge in [-0.25, -0.2) is 9.78 Å². The Kier molecular flexibility index (Phi) is 4.36. The first-order valence-corrected chi connectivity index (χ1v) is 6.76. The first-order valence-electron chi connectivity index (χ1n) is 5.97. The van der Waals surface area contributed by atoms with Crippen LogP contribution in [0.3, 0.4) is 0 Å². The van der Waals surface area contributed by atoms with Crippen molar-refractivity contribution in [2.24, 2.45) is 5.10 Å². The molecule has 2 rings (SSSR count). The number of amides is 1. The molecule has 2 heterocycles. The first kappa shape index (κ1) is 13.8. The zero-order chi connectivity index (χ0) is 13.8. The first-order chi connectivity index (χ1) is 9.06. The van der Waals surface area contributed by atoms with Crippen LogP contribution in [0.2, 0.25) is 0 Å². The summed E-state index contributed by atoms with van der Waals surface area (Å²) in [4.78, 5) is 16.5. The average Bonchev–Trinajstić information content (AvgIpc) is 2.39. The summed E-state index contributed by atoms with van der Waals surface area (Å²) in [6.45, 7) is 1.02. The summed E-state index contributed by atoms with van der Waals surface area (Å²) in [5.41, 5.74) is 1.00. The maximum absolute atomic E-state index is 10.8. The fraction of sp³-hybridized carbons (Fsp3) is 0.417. The lowest BCUT2D eigenvalue weighted by molar-refractivity contribution is 0.145. The number of aromatic nitrogens is 1. The van der Waals surface area contributed by atoms with Crippen molar-refractivity contribution in [1.82, 2.24) is 9.88 Å². The Balaban J connectivity index is 2.01. The summed E-state index contributed by atoms with van der Waals surface area (Å²) in [5, 5.41) is 15.1. The smallest absolute Gasteiger partial charge is 0.407 e. The quantitative estimate of drug-likeness (QED) is 0.669. The number of hydrogen-bond donors (Lipinski definition) is 1. The predicted octanol–water partition coefficient (Wildman–Crippen LogP) is 2.41. The molecule has 1 aliphatic heterocycles. The maximum Gasteiger partial charge on any atom is 0.407 e. The van der Waals surface area contributed by atoms with E-state index in [1.54, 1.807) is 5.01 Å². The molecule has 1 fully saturated rings. The molecule has 1 saturated heterocycles. The van der Waals surface area contributed by atoms with Gasteiger partial charge in [0.1, 0.15) is 10.4 Å². The topological polar surface area (TPSA) is 69.0 Å². The highest BCUT2D eigenvalue weighted by Crippen LogP contribution is 2.15. The number of carboxylic acid groups (broad SMARTS) is 1. The van der Waals surface area contributed by atoms with E-state index < -0.39 is 6.09 Å². The molecular formula is C12H15BrN4O2. The van der Waals surface area contributed by atoms with Crippen molar-refractivity contribution < 1.29 is 9.90 Å². The van der Waals surface area contributed by atoms with E-state index in [9.17, 15) is 4.79 Å². The van der Waals surface area contributed by atoms with Gasteiger partial charge in [0.15, 0.2) is 0 Å². The fourth-order valence-corrected chi connectivity index (χ4v) is 2.23. The lowest BCUT2D eigenvalue weighted by atomic mass is 10.1. The van der Waals surface area contributed by atoms with E-state index in [0.717, 1.165) is 16.1 Å². The van der Waals surface area contributed by atoms with E-state index in [1.165, 1.54) is 4.90 Å². The Morgan fingerprint density at radius 3 is 2.74 bits per heavy atom. The summed E-state index contributed by atoms with van der Waals surface area (Å²) >= 11 is 3.32. The van der Waals surface area contributed by atoms with Crippen molar-refractivity contribution in [1.29, 1.82) is 0 Å². The molecule has 1 amide bonds. The van der Waals surface area contributed by atoms with Gasteiger partial charge in [0.25, 0.3) is 0 Å². The zero-order valence-electron chi connectivity index (χ0n) is 10.6. The van der Waals surface area contributed by atoms with Crippen LogP contribution in [-0.4, -0.2) is 46.9 Å². The Morgan fingerprint density at radius 1 is 1.47 bits per heavy atom. The van der Waals surface area contributed by atoms with Crippen molar-refractivity contribution in [2.45, 2.75) is 12.8 Å². The molecule has 1 N–H and O–H groups in total. The summed E-state index contributed by atoms with van der Waals surface area (Å²) in [5.74, 6) is 0.752. The van der Waals surface area contributed by atoms with Gasteiger partial charge in [-0.1, -0.05) is 6.07 Å². The number of hydrogen-bond acceptors (Lipinski definition) is 4. The summed E-state index contributed by atoms with van der Waals surface area (Å²) in [6.07, 6.45) is 0.482. The number of anilines is 1. The third-order valence-electron chi connectivity index (χ3n) is 2.93. The number of nitrogens with zero attached hydrogens (tertiary/aromatic N) is 4. The van der Waals surface area contributed by atoms with Gasteiger partial charge in [-0.2, -0.15) is 5.10 Å². The molecule has 0 spiro atoms. The highest BCUT2D eigenvalue weighted by Gasteiger charge is 2.19. The number of likely N-dealkylation sites (tertiary alicyclic amines) is 1. The van der Waals surface area contributed by atoms with Crippen molar-refractivity contribution in [2.75, 3.05) is 25.1 Å². The van der Waals surface area contributed by atoms with Crippen LogP contribution in [0, 0.1) is 0 Å². The Hall–Kier alpha value is -1.63. The van der Waals surface area contributed by atoms with E-state index in [2.05, 4.69) is 26.0 Å². The summed E-state index contributed by atoms with van der Waals surface area (Å²) < 4.78 is 0.762. The molecule has 0 radical (unpaired) electrons. The van der Waals surface area contributed by atoms with Crippen molar-refractivity contribution >= 4 is 33.6 Å². The molecule has 0 aromatic carbocycles. The molecule has 1 aromatic heterocycles. The fourth-order valence-electron chi connectivity index (χ4n) is 1.90. The Bertz CT molecular complexity index is 496. The van der Waals surface area contributed by atoms with Crippen molar-refractivity contribution in [3.05, 3.63) is 22.8 Å². The average molecular weight is 327 g/mol. The maximum atomic E-state index is 10.8. The van der Waals surface area contributed by atoms with Gasteiger partial charge in [-0.05, 0) is 28.1 Å².